The topological polar surface area (TPSA) is 99.7 Å². The fourth-order valence-electron chi connectivity index (χ4n) is 1.53. The van der Waals surface area contributed by atoms with E-state index >= 15 is 0 Å². The summed E-state index contributed by atoms with van der Waals surface area (Å²) in [6.07, 6.45) is 0. The van der Waals surface area contributed by atoms with E-state index in [4.69, 9.17) is 34.1 Å². The van der Waals surface area contributed by atoms with Gasteiger partial charge in [0.15, 0.2) is 5.84 Å². The summed E-state index contributed by atoms with van der Waals surface area (Å²) in [5.74, 6) is -0.102. The molecule has 0 saturated carbocycles. The first-order valence-corrected chi connectivity index (χ1v) is 6.60. The van der Waals surface area contributed by atoms with Crippen molar-refractivity contribution < 1.29 is 10.0 Å². The van der Waals surface area contributed by atoms with Crippen LogP contribution in [0, 0.1) is 5.92 Å². The number of hydrogen-bond acceptors (Lipinski definition) is 3. The van der Waals surface area contributed by atoms with E-state index in [-0.39, 0.29) is 11.8 Å². The lowest BCUT2D eigenvalue weighted by molar-refractivity contribution is 0.248. The van der Waals surface area contributed by atoms with Gasteiger partial charge in [0.05, 0.1) is 16.1 Å². The third-order valence-electron chi connectivity index (χ3n) is 2.56. The van der Waals surface area contributed by atoms with E-state index in [9.17, 15) is 4.79 Å². The molecule has 0 heterocycles. The van der Waals surface area contributed by atoms with Crippen molar-refractivity contribution in [3.05, 3.63) is 28.2 Å². The van der Waals surface area contributed by atoms with E-state index in [1.165, 1.54) is 6.07 Å². The van der Waals surface area contributed by atoms with Gasteiger partial charge in [0, 0.05) is 5.69 Å². The zero-order valence-corrected chi connectivity index (χ0v) is 12.5. The number of nitrogens with two attached hydrogens (primary N) is 1. The Morgan fingerprint density at radius 3 is 2.50 bits per heavy atom. The molecule has 1 aromatic rings. The summed E-state index contributed by atoms with van der Waals surface area (Å²) < 4.78 is 0. The van der Waals surface area contributed by atoms with E-state index in [0.717, 1.165) is 0 Å². The second-order valence-electron chi connectivity index (χ2n) is 4.47. The number of oxime groups is 1. The number of amides is 2. The first-order chi connectivity index (χ1) is 9.35. The number of hydrogen-bond donors (Lipinski definition) is 4. The van der Waals surface area contributed by atoms with Crippen LogP contribution in [0.5, 0.6) is 0 Å². The molecule has 1 aromatic carbocycles. The van der Waals surface area contributed by atoms with Gasteiger partial charge < -0.3 is 21.6 Å². The number of nitrogens with zero attached hydrogens (tertiary/aromatic N) is 1. The highest BCUT2D eigenvalue weighted by atomic mass is 35.5. The van der Waals surface area contributed by atoms with Gasteiger partial charge in [-0.25, -0.2) is 4.79 Å². The fourth-order valence-corrected chi connectivity index (χ4v) is 1.82. The maximum absolute atomic E-state index is 11.9. The molecule has 0 spiro atoms. The Hall–Kier alpha value is -1.66. The highest BCUT2D eigenvalue weighted by molar-refractivity contribution is 6.42. The van der Waals surface area contributed by atoms with E-state index in [1.807, 2.05) is 13.8 Å². The molecule has 20 heavy (non-hydrogen) atoms. The molecule has 0 fully saturated rings. The molecule has 110 valence electrons. The fraction of sp³-hybridized carbons (Fsp3) is 0.333. The van der Waals surface area contributed by atoms with Crippen LogP contribution in [0.2, 0.25) is 10.0 Å². The van der Waals surface area contributed by atoms with Gasteiger partial charge in [0.1, 0.15) is 0 Å². The maximum atomic E-state index is 11.9. The molecule has 2 amide bonds. The number of carbonyl (C=O) groups excluding carboxylic acids is 1. The van der Waals surface area contributed by atoms with E-state index < -0.39 is 12.1 Å². The van der Waals surface area contributed by atoms with Crippen molar-refractivity contribution in [1.29, 1.82) is 0 Å². The molecule has 8 heteroatoms. The van der Waals surface area contributed by atoms with E-state index in [1.54, 1.807) is 12.1 Å². The highest BCUT2D eigenvalue weighted by Crippen LogP contribution is 2.24. The standard InChI is InChI=1S/C12H16Cl2N4O2/c1-6(2)10(11(15)18-20)17-12(19)16-7-3-4-8(13)9(14)5-7/h3-6,10,20H,1-2H3,(H2,15,18)(H2,16,17,19). The third kappa shape index (κ3) is 4.47. The van der Waals surface area contributed by atoms with Gasteiger partial charge in [0.2, 0.25) is 0 Å². The molecular weight excluding hydrogens is 303 g/mol. The van der Waals surface area contributed by atoms with Gasteiger partial charge >= 0.3 is 6.03 Å². The minimum absolute atomic E-state index is 0.0366. The molecule has 1 atom stereocenters. The van der Waals surface area contributed by atoms with Crippen molar-refractivity contribution in [2.75, 3.05) is 5.32 Å². The van der Waals surface area contributed by atoms with Gasteiger partial charge in [-0.3, -0.25) is 0 Å². The number of carbonyl (C=O) groups is 1. The lowest BCUT2D eigenvalue weighted by Crippen LogP contribution is -2.49. The van der Waals surface area contributed by atoms with E-state index in [0.29, 0.717) is 15.7 Å². The van der Waals surface area contributed by atoms with Crippen LogP contribution in [-0.4, -0.2) is 23.1 Å². The van der Waals surface area contributed by atoms with Gasteiger partial charge in [0.25, 0.3) is 0 Å². The van der Waals surface area contributed by atoms with Crippen molar-refractivity contribution in [3.8, 4) is 0 Å². The molecule has 6 nitrogen and oxygen atoms in total. The summed E-state index contributed by atoms with van der Waals surface area (Å²) in [5, 5.41) is 17.5. The predicted octanol–water partition coefficient (Wildman–Crippen LogP) is 2.89. The number of benzene rings is 1. The number of anilines is 1. The monoisotopic (exact) mass is 318 g/mol. The van der Waals surface area contributed by atoms with Crippen LogP contribution < -0.4 is 16.4 Å². The Balaban J connectivity index is 2.73. The molecule has 0 aromatic heterocycles. The predicted molar refractivity (Wildman–Crippen MR) is 80.7 cm³/mol. The van der Waals surface area contributed by atoms with Gasteiger partial charge in [-0.1, -0.05) is 42.2 Å². The van der Waals surface area contributed by atoms with Crippen LogP contribution in [0.1, 0.15) is 13.8 Å². The number of urea groups is 1. The molecule has 5 N–H and O–H groups in total. The van der Waals surface area contributed by atoms with Crippen LogP contribution in [-0.2, 0) is 0 Å². The van der Waals surface area contributed by atoms with Crippen molar-refractivity contribution in [1.82, 2.24) is 5.32 Å². The third-order valence-corrected chi connectivity index (χ3v) is 3.30. The van der Waals surface area contributed by atoms with Crippen LogP contribution in [0.25, 0.3) is 0 Å². The van der Waals surface area contributed by atoms with Crippen LogP contribution >= 0.6 is 23.2 Å². The summed E-state index contributed by atoms with van der Waals surface area (Å²) in [5.41, 5.74) is 6.01. The molecule has 1 unspecified atom stereocenters. The zero-order valence-electron chi connectivity index (χ0n) is 11.0. The first kappa shape index (κ1) is 16.4. The van der Waals surface area contributed by atoms with Crippen LogP contribution in [0.15, 0.2) is 23.4 Å². The van der Waals surface area contributed by atoms with Crippen molar-refractivity contribution in [3.63, 3.8) is 0 Å². The molecule has 0 aliphatic heterocycles. The second kappa shape index (κ2) is 7.21. The van der Waals surface area contributed by atoms with Gasteiger partial charge in [-0.2, -0.15) is 0 Å². The molecule has 0 bridgehead atoms. The van der Waals surface area contributed by atoms with Gasteiger partial charge in [-0.05, 0) is 24.1 Å². The quantitative estimate of drug-likeness (QED) is 0.297. The minimum atomic E-state index is -0.581. The Labute approximate surface area is 126 Å². The largest absolute Gasteiger partial charge is 0.409 e. The average Bonchev–Trinajstić information content (AvgIpc) is 2.39. The number of rotatable bonds is 4. The molecular formula is C12H16Cl2N4O2. The molecule has 0 aliphatic rings. The van der Waals surface area contributed by atoms with E-state index in [2.05, 4.69) is 15.8 Å². The lowest BCUT2D eigenvalue weighted by Gasteiger charge is -2.21. The Morgan fingerprint density at radius 1 is 1.35 bits per heavy atom. The SMILES string of the molecule is CC(C)C(NC(=O)Nc1ccc(Cl)c(Cl)c1)C(N)=NO. The zero-order chi connectivity index (χ0) is 15.3. The number of halogens is 2. The van der Waals surface area contributed by atoms with Crippen molar-refractivity contribution >= 4 is 40.8 Å². The average molecular weight is 319 g/mol. The molecule has 0 aliphatic carbocycles. The van der Waals surface area contributed by atoms with Gasteiger partial charge in [-0.15, -0.1) is 0 Å². The summed E-state index contributed by atoms with van der Waals surface area (Å²) >= 11 is 11.6. The summed E-state index contributed by atoms with van der Waals surface area (Å²) in [6.45, 7) is 3.67. The lowest BCUT2D eigenvalue weighted by atomic mass is 10.0. The highest BCUT2D eigenvalue weighted by Gasteiger charge is 2.20. The summed E-state index contributed by atoms with van der Waals surface area (Å²) in [7, 11) is 0. The maximum Gasteiger partial charge on any atom is 0.319 e. The van der Waals surface area contributed by atoms with Crippen molar-refractivity contribution in [2.45, 2.75) is 19.9 Å². The molecule has 0 radical (unpaired) electrons. The van der Waals surface area contributed by atoms with Crippen LogP contribution in [0.3, 0.4) is 0 Å². The Morgan fingerprint density at radius 2 is 2.00 bits per heavy atom. The molecule has 1 rings (SSSR count). The number of amidine groups is 1. The smallest absolute Gasteiger partial charge is 0.319 e. The molecule has 0 saturated heterocycles. The second-order valence-corrected chi connectivity index (χ2v) is 5.29. The summed E-state index contributed by atoms with van der Waals surface area (Å²) in [6, 6.07) is 3.64. The summed E-state index contributed by atoms with van der Waals surface area (Å²) in [4.78, 5) is 11.9. The Bertz CT molecular complexity index is 520. The number of nitrogens with one attached hydrogen (secondary N) is 2. The normalized spacial score (nSPS) is 13.2. The minimum Gasteiger partial charge on any atom is -0.409 e. The van der Waals surface area contributed by atoms with Crippen LogP contribution in [0.4, 0.5) is 10.5 Å². The first-order valence-electron chi connectivity index (χ1n) is 5.85. The Kier molecular flexibility index (Phi) is 5.91. The van der Waals surface area contributed by atoms with Crippen molar-refractivity contribution in [2.24, 2.45) is 16.8 Å².